The zero-order valence-corrected chi connectivity index (χ0v) is 17.5. The van der Waals surface area contributed by atoms with Gasteiger partial charge >= 0.3 is 0 Å². The molecule has 2 aromatic rings. The van der Waals surface area contributed by atoms with Crippen molar-refractivity contribution in [3.8, 4) is 11.5 Å². The second-order valence-corrected chi connectivity index (χ2v) is 7.32. The minimum Gasteiger partial charge on any atom is -0.493 e. The van der Waals surface area contributed by atoms with Gasteiger partial charge in [-0.3, -0.25) is 9.69 Å². The van der Waals surface area contributed by atoms with Crippen LogP contribution in [0.15, 0.2) is 52.4 Å². The molecule has 0 radical (unpaired) electrons. The molecule has 5 nitrogen and oxygen atoms in total. The predicted octanol–water partition coefficient (Wildman–Crippen LogP) is 5.37. The van der Waals surface area contributed by atoms with Gasteiger partial charge in [-0.2, -0.15) is 0 Å². The Hall–Kier alpha value is -2.44. The lowest BCUT2D eigenvalue weighted by Crippen LogP contribution is -2.28. The number of halogens is 1. The van der Waals surface area contributed by atoms with Crippen LogP contribution < -0.4 is 9.47 Å². The van der Waals surface area contributed by atoms with E-state index in [4.69, 9.17) is 21.1 Å². The van der Waals surface area contributed by atoms with Crippen molar-refractivity contribution < 1.29 is 14.3 Å². The number of hydrogen-bond donors (Lipinski definition) is 0. The molecule has 0 unspecified atom stereocenters. The molecule has 0 aromatic heterocycles. The summed E-state index contributed by atoms with van der Waals surface area (Å²) < 4.78 is 10.9. The van der Waals surface area contributed by atoms with Crippen molar-refractivity contribution in [1.29, 1.82) is 0 Å². The maximum Gasteiger partial charge on any atom is 0.266 e. The van der Waals surface area contributed by atoms with Gasteiger partial charge in [0.25, 0.3) is 5.91 Å². The molecule has 0 bridgehead atoms. The average Bonchev–Trinajstić information content (AvgIpc) is 2.97. The largest absolute Gasteiger partial charge is 0.493 e. The third-order valence-corrected chi connectivity index (χ3v) is 5.26. The standard InChI is InChI=1S/C21H21ClN2O3S/c1-4-24-20(25)19(28-21(24)23-16-8-6-7-15(22)13-16)12-14-9-10-17(27-5-2)18(11-14)26-3/h6-13H,4-5H2,1-3H3/b19-12+,23-21?. The minimum atomic E-state index is -0.0684. The van der Waals surface area contributed by atoms with Gasteiger partial charge in [0.15, 0.2) is 16.7 Å². The summed E-state index contributed by atoms with van der Waals surface area (Å²) >= 11 is 7.39. The highest BCUT2D eigenvalue weighted by atomic mass is 35.5. The van der Waals surface area contributed by atoms with E-state index in [-0.39, 0.29) is 5.91 Å². The Kier molecular flexibility index (Phi) is 6.65. The van der Waals surface area contributed by atoms with Crippen LogP contribution in [0.5, 0.6) is 11.5 Å². The predicted molar refractivity (Wildman–Crippen MR) is 116 cm³/mol. The number of benzene rings is 2. The molecule has 1 aliphatic rings. The molecule has 28 heavy (non-hydrogen) atoms. The van der Waals surface area contributed by atoms with Crippen molar-refractivity contribution >= 4 is 46.2 Å². The van der Waals surface area contributed by atoms with Gasteiger partial charge in [-0.25, -0.2) is 4.99 Å². The summed E-state index contributed by atoms with van der Waals surface area (Å²) in [6, 6.07) is 12.9. The molecular formula is C21H21ClN2O3S. The molecule has 1 amide bonds. The van der Waals surface area contributed by atoms with Crippen LogP contribution in [-0.2, 0) is 4.79 Å². The molecule has 3 rings (SSSR count). The number of amides is 1. The summed E-state index contributed by atoms with van der Waals surface area (Å²) in [6.07, 6.45) is 1.84. The van der Waals surface area contributed by atoms with E-state index >= 15 is 0 Å². The summed E-state index contributed by atoms with van der Waals surface area (Å²) in [6.45, 7) is 4.94. The number of aliphatic imine (C=N–C) groups is 1. The van der Waals surface area contributed by atoms with Gasteiger partial charge in [-0.1, -0.05) is 23.7 Å². The van der Waals surface area contributed by atoms with Gasteiger partial charge in [0.05, 0.1) is 24.3 Å². The Morgan fingerprint density at radius 1 is 1.18 bits per heavy atom. The minimum absolute atomic E-state index is 0.0684. The lowest BCUT2D eigenvalue weighted by atomic mass is 10.2. The third kappa shape index (κ3) is 4.51. The van der Waals surface area contributed by atoms with Gasteiger partial charge in [0.1, 0.15) is 0 Å². The lowest BCUT2D eigenvalue weighted by Gasteiger charge is -2.12. The highest BCUT2D eigenvalue weighted by molar-refractivity contribution is 8.18. The number of carbonyl (C=O) groups is 1. The summed E-state index contributed by atoms with van der Waals surface area (Å²) in [5.41, 5.74) is 1.57. The molecule has 0 aliphatic carbocycles. The van der Waals surface area contributed by atoms with Crippen LogP contribution in [0.25, 0.3) is 6.08 Å². The first-order valence-electron chi connectivity index (χ1n) is 8.92. The quantitative estimate of drug-likeness (QED) is 0.594. The van der Waals surface area contributed by atoms with Crippen molar-refractivity contribution in [2.75, 3.05) is 20.3 Å². The van der Waals surface area contributed by atoms with Crippen LogP contribution in [0.4, 0.5) is 5.69 Å². The van der Waals surface area contributed by atoms with Crippen LogP contribution in [0.1, 0.15) is 19.4 Å². The number of amidine groups is 1. The molecule has 146 valence electrons. The van der Waals surface area contributed by atoms with Gasteiger partial charge in [-0.05, 0) is 67.6 Å². The molecule has 1 heterocycles. The van der Waals surface area contributed by atoms with E-state index in [1.807, 2.05) is 50.3 Å². The fraction of sp³-hybridized carbons (Fsp3) is 0.238. The van der Waals surface area contributed by atoms with Gasteiger partial charge in [-0.15, -0.1) is 0 Å². The van der Waals surface area contributed by atoms with E-state index < -0.39 is 0 Å². The Bertz CT molecular complexity index is 943. The summed E-state index contributed by atoms with van der Waals surface area (Å²) in [5.74, 6) is 1.24. The number of hydrogen-bond acceptors (Lipinski definition) is 5. The van der Waals surface area contributed by atoms with Crippen molar-refractivity contribution in [2.24, 2.45) is 4.99 Å². The Morgan fingerprint density at radius 3 is 2.68 bits per heavy atom. The molecule has 7 heteroatoms. The van der Waals surface area contributed by atoms with Crippen LogP contribution in [-0.4, -0.2) is 36.2 Å². The summed E-state index contributed by atoms with van der Waals surface area (Å²) in [5, 5.41) is 1.25. The summed E-state index contributed by atoms with van der Waals surface area (Å²) in [4.78, 5) is 19.7. The second-order valence-electron chi connectivity index (χ2n) is 5.88. The van der Waals surface area contributed by atoms with E-state index in [0.29, 0.717) is 45.4 Å². The van der Waals surface area contributed by atoms with E-state index in [9.17, 15) is 4.79 Å². The zero-order chi connectivity index (χ0) is 20.1. The van der Waals surface area contributed by atoms with Crippen molar-refractivity contribution in [3.63, 3.8) is 0 Å². The van der Waals surface area contributed by atoms with Crippen LogP contribution in [0.3, 0.4) is 0 Å². The second kappa shape index (κ2) is 9.17. The SMILES string of the molecule is CCOc1ccc(/C=C2/SC(=Nc3cccc(Cl)c3)N(CC)C2=O)cc1OC. The Morgan fingerprint density at radius 2 is 2.00 bits per heavy atom. The van der Waals surface area contributed by atoms with Crippen LogP contribution in [0.2, 0.25) is 5.02 Å². The maximum absolute atomic E-state index is 12.8. The van der Waals surface area contributed by atoms with E-state index in [2.05, 4.69) is 4.99 Å². The normalized spacial score (nSPS) is 16.9. The van der Waals surface area contributed by atoms with E-state index in [0.717, 1.165) is 5.56 Å². The molecular weight excluding hydrogens is 396 g/mol. The first kappa shape index (κ1) is 20.3. The lowest BCUT2D eigenvalue weighted by molar-refractivity contribution is -0.122. The zero-order valence-electron chi connectivity index (χ0n) is 15.9. The molecule has 2 aromatic carbocycles. The van der Waals surface area contributed by atoms with E-state index in [1.54, 1.807) is 24.1 Å². The number of likely N-dealkylation sites (N-methyl/N-ethyl adjacent to an activating group) is 1. The fourth-order valence-electron chi connectivity index (χ4n) is 2.73. The highest BCUT2D eigenvalue weighted by Crippen LogP contribution is 2.36. The molecule has 1 saturated heterocycles. The number of carbonyl (C=O) groups excluding carboxylic acids is 1. The summed E-state index contributed by atoms with van der Waals surface area (Å²) in [7, 11) is 1.60. The number of thioether (sulfide) groups is 1. The molecule has 0 N–H and O–H groups in total. The average molecular weight is 417 g/mol. The molecule has 0 spiro atoms. The monoisotopic (exact) mass is 416 g/mol. The van der Waals surface area contributed by atoms with Crippen molar-refractivity contribution in [2.45, 2.75) is 13.8 Å². The van der Waals surface area contributed by atoms with E-state index in [1.165, 1.54) is 11.8 Å². The maximum atomic E-state index is 12.8. The fourth-order valence-corrected chi connectivity index (χ4v) is 3.97. The smallest absolute Gasteiger partial charge is 0.266 e. The Balaban J connectivity index is 1.91. The number of nitrogens with zero attached hydrogens (tertiary/aromatic N) is 2. The first-order chi connectivity index (χ1) is 13.5. The molecule has 0 saturated carbocycles. The van der Waals surface area contributed by atoms with Gasteiger partial charge in [0, 0.05) is 11.6 Å². The Labute approximate surface area is 174 Å². The van der Waals surface area contributed by atoms with Crippen molar-refractivity contribution in [3.05, 3.63) is 58.0 Å². The molecule has 0 atom stereocenters. The third-order valence-electron chi connectivity index (χ3n) is 4.02. The number of ether oxygens (including phenoxy) is 2. The molecule has 1 aliphatic heterocycles. The highest BCUT2D eigenvalue weighted by Gasteiger charge is 2.32. The van der Waals surface area contributed by atoms with Crippen LogP contribution >= 0.6 is 23.4 Å². The van der Waals surface area contributed by atoms with Gasteiger partial charge < -0.3 is 9.47 Å². The van der Waals surface area contributed by atoms with Gasteiger partial charge in [0.2, 0.25) is 0 Å². The molecule has 1 fully saturated rings. The van der Waals surface area contributed by atoms with Crippen molar-refractivity contribution in [1.82, 2.24) is 4.90 Å². The topological polar surface area (TPSA) is 51.1 Å². The number of methoxy groups -OCH3 is 1. The first-order valence-corrected chi connectivity index (χ1v) is 10.1. The van der Waals surface area contributed by atoms with Crippen LogP contribution in [0, 0.1) is 0 Å². The number of rotatable bonds is 6.